The topological polar surface area (TPSA) is 48.4 Å². The van der Waals surface area contributed by atoms with Crippen LogP contribution in [0, 0.1) is 0 Å². The van der Waals surface area contributed by atoms with E-state index in [0.29, 0.717) is 6.61 Å². The number of benzene rings is 1. The first-order chi connectivity index (χ1) is 11.2. The van der Waals surface area contributed by atoms with Crippen molar-refractivity contribution in [2.75, 3.05) is 0 Å². The van der Waals surface area contributed by atoms with Crippen molar-refractivity contribution in [1.29, 1.82) is 0 Å². The molecule has 4 nitrogen and oxygen atoms in total. The van der Waals surface area contributed by atoms with E-state index in [1.165, 1.54) is 6.92 Å². The highest BCUT2D eigenvalue weighted by Gasteiger charge is 2.25. The quantitative estimate of drug-likeness (QED) is 0.633. The second-order valence-corrected chi connectivity index (χ2v) is 5.79. The first kappa shape index (κ1) is 15.5. The predicted octanol–water partition coefficient (Wildman–Crippen LogP) is 3.99. The Balaban J connectivity index is 1.83. The van der Waals surface area contributed by atoms with Gasteiger partial charge in [-0.3, -0.25) is 9.78 Å². The lowest BCUT2D eigenvalue weighted by molar-refractivity contribution is -0.147. The summed E-state index contributed by atoms with van der Waals surface area (Å²) in [7, 11) is 0. The number of hydrogen-bond donors (Lipinski definition) is 0. The van der Waals surface area contributed by atoms with Gasteiger partial charge < -0.3 is 9.47 Å². The third kappa shape index (κ3) is 3.89. The minimum absolute atomic E-state index is 0.259. The molecule has 0 spiro atoms. The summed E-state index contributed by atoms with van der Waals surface area (Å²) < 4.78 is 11.5. The summed E-state index contributed by atoms with van der Waals surface area (Å²) >= 11 is 0. The van der Waals surface area contributed by atoms with Crippen LogP contribution in [0.4, 0.5) is 0 Å². The standard InChI is InChI=1S/C19H21NO3/c1-14(21)23-18-10-6-5-9-16-17(11-12-20-19(16)18)22-13-15-7-3-2-4-8-15/h2-4,7-8,11-12,18H,5-6,9-10,13H2,1H3. The Morgan fingerprint density at radius 2 is 2.04 bits per heavy atom. The summed E-state index contributed by atoms with van der Waals surface area (Å²) in [5, 5.41) is 0. The van der Waals surface area contributed by atoms with Gasteiger partial charge in [0, 0.05) is 18.7 Å². The summed E-state index contributed by atoms with van der Waals surface area (Å²) in [5.41, 5.74) is 3.05. The highest BCUT2D eigenvalue weighted by Crippen LogP contribution is 2.35. The summed E-state index contributed by atoms with van der Waals surface area (Å²) in [6, 6.07) is 12.0. The highest BCUT2D eigenvalue weighted by atomic mass is 16.5. The van der Waals surface area contributed by atoms with Gasteiger partial charge in [0.25, 0.3) is 0 Å². The average molecular weight is 311 g/mol. The normalized spacial score (nSPS) is 17.0. The molecule has 0 saturated carbocycles. The van der Waals surface area contributed by atoms with Crippen molar-refractivity contribution >= 4 is 5.97 Å². The summed E-state index contributed by atoms with van der Waals surface area (Å²) in [6.07, 6.45) is 5.28. The smallest absolute Gasteiger partial charge is 0.303 e. The number of aromatic nitrogens is 1. The lowest BCUT2D eigenvalue weighted by Crippen LogP contribution is -2.11. The van der Waals surface area contributed by atoms with Gasteiger partial charge in [-0.25, -0.2) is 0 Å². The number of pyridine rings is 1. The third-order valence-electron chi connectivity index (χ3n) is 4.04. The van der Waals surface area contributed by atoms with Crippen LogP contribution in [0.5, 0.6) is 5.75 Å². The van der Waals surface area contributed by atoms with E-state index >= 15 is 0 Å². The molecule has 120 valence electrons. The zero-order valence-corrected chi connectivity index (χ0v) is 13.3. The number of esters is 1. The first-order valence-corrected chi connectivity index (χ1v) is 8.06. The van der Waals surface area contributed by atoms with Gasteiger partial charge in [-0.2, -0.15) is 0 Å². The minimum atomic E-state index is -0.264. The molecule has 1 aromatic carbocycles. The number of carbonyl (C=O) groups excluding carboxylic acids is 1. The summed E-state index contributed by atoms with van der Waals surface area (Å²) in [6.45, 7) is 1.97. The van der Waals surface area contributed by atoms with Gasteiger partial charge in [0.05, 0.1) is 5.69 Å². The van der Waals surface area contributed by atoms with E-state index in [1.807, 2.05) is 36.4 Å². The van der Waals surface area contributed by atoms with Gasteiger partial charge in [-0.15, -0.1) is 0 Å². The molecule has 0 saturated heterocycles. The SMILES string of the molecule is CC(=O)OC1CCCCc2c(OCc3ccccc3)ccnc21. The van der Waals surface area contributed by atoms with Crippen LogP contribution in [-0.4, -0.2) is 11.0 Å². The molecule has 0 amide bonds. The Morgan fingerprint density at radius 1 is 1.22 bits per heavy atom. The Labute approximate surface area is 136 Å². The number of nitrogens with zero attached hydrogens (tertiary/aromatic N) is 1. The lowest BCUT2D eigenvalue weighted by Gasteiger charge is -2.18. The van der Waals surface area contributed by atoms with Crippen molar-refractivity contribution in [2.24, 2.45) is 0 Å². The van der Waals surface area contributed by atoms with Crippen LogP contribution in [-0.2, 0) is 22.6 Å². The summed E-state index contributed by atoms with van der Waals surface area (Å²) in [4.78, 5) is 15.8. The molecule has 0 fully saturated rings. The zero-order chi connectivity index (χ0) is 16.1. The van der Waals surface area contributed by atoms with Gasteiger partial charge in [-0.05, 0) is 37.3 Å². The molecule has 1 unspecified atom stereocenters. The molecule has 4 heteroatoms. The number of hydrogen-bond acceptors (Lipinski definition) is 4. The Bertz CT molecular complexity index is 670. The van der Waals surface area contributed by atoms with E-state index in [2.05, 4.69) is 4.98 Å². The van der Waals surface area contributed by atoms with Gasteiger partial charge in [0.2, 0.25) is 0 Å². The first-order valence-electron chi connectivity index (χ1n) is 8.06. The summed E-state index contributed by atoms with van der Waals surface area (Å²) in [5.74, 6) is 0.582. The van der Waals surface area contributed by atoms with Crippen LogP contribution in [0.1, 0.15) is 49.1 Å². The Kier molecular flexibility index (Phi) is 4.91. The van der Waals surface area contributed by atoms with E-state index < -0.39 is 0 Å². The van der Waals surface area contributed by atoms with E-state index in [4.69, 9.17) is 9.47 Å². The molecule has 1 aromatic heterocycles. The monoisotopic (exact) mass is 311 g/mol. The van der Waals surface area contributed by atoms with Crippen molar-refractivity contribution < 1.29 is 14.3 Å². The number of ether oxygens (including phenoxy) is 2. The van der Waals surface area contributed by atoms with Gasteiger partial charge in [0.1, 0.15) is 18.5 Å². The Morgan fingerprint density at radius 3 is 2.83 bits per heavy atom. The van der Waals surface area contributed by atoms with E-state index in [0.717, 1.165) is 48.3 Å². The van der Waals surface area contributed by atoms with E-state index in [1.54, 1.807) is 6.20 Å². The van der Waals surface area contributed by atoms with Crippen molar-refractivity contribution in [3.63, 3.8) is 0 Å². The fraction of sp³-hybridized carbons (Fsp3) is 0.368. The molecule has 23 heavy (non-hydrogen) atoms. The van der Waals surface area contributed by atoms with Gasteiger partial charge in [0.15, 0.2) is 0 Å². The molecular formula is C19H21NO3. The minimum Gasteiger partial charge on any atom is -0.488 e. The van der Waals surface area contributed by atoms with Gasteiger partial charge in [-0.1, -0.05) is 30.3 Å². The maximum atomic E-state index is 11.3. The lowest BCUT2D eigenvalue weighted by atomic mass is 10.1. The van der Waals surface area contributed by atoms with Crippen molar-refractivity contribution in [3.05, 3.63) is 59.4 Å². The molecule has 2 aromatic rings. The largest absolute Gasteiger partial charge is 0.488 e. The molecular weight excluding hydrogens is 290 g/mol. The van der Waals surface area contributed by atoms with Crippen molar-refractivity contribution in [1.82, 2.24) is 4.98 Å². The fourth-order valence-corrected chi connectivity index (χ4v) is 2.97. The van der Waals surface area contributed by atoms with Crippen LogP contribution in [0.2, 0.25) is 0 Å². The van der Waals surface area contributed by atoms with Crippen molar-refractivity contribution in [2.45, 2.75) is 45.3 Å². The molecule has 1 atom stereocenters. The van der Waals surface area contributed by atoms with E-state index in [-0.39, 0.29) is 12.1 Å². The van der Waals surface area contributed by atoms with Crippen LogP contribution in [0.25, 0.3) is 0 Å². The average Bonchev–Trinajstić information content (AvgIpc) is 2.76. The van der Waals surface area contributed by atoms with Crippen molar-refractivity contribution in [3.8, 4) is 5.75 Å². The maximum Gasteiger partial charge on any atom is 0.303 e. The molecule has 3 rings (SSSR count). The molecule has 0 aliphatic heterocycles. The van der Waals surface area contributed by atoms with Crippen LogP contribution >= 0.6 is 0 Å². The van der Waals surface area contributed by atoms with Gasteiger partial charge >= 0.3 is 5.97 Å². The Hall–Kier alpha value is -2.36. The van der Waals surface area contributed by atoms with Crippen LogP contribution < -0.4 is 4.74 Å². The molecule has 0 bridgehead atoms. The third-order valence-corrected chi connectivity index (χ3v) is 4.04. The van der Waals surface area contributed by atoms with Crippen LogP contribution in [0.3, 0.4) is 0 Å². The number of carbonyl (C=O) groups is 1. The zero-order valence-electron chi connectivity index (χ0n) is 13.3. The number of fused-ring (bicyclic) bond motifs is 1. The molecule has 0 radical (unpaired) electrons. The van der Waals surface area contributed by atoms with E-state index in [9.17, 15) is 4.79 Å². The number of rotatable bonds is 4. The molecule has 1 heterocycles. The molecule has 1 aliphatic carbocycles. The van der Waals surface area contributed by atoms with Crippen LogP contribution in [0.15, 0.2) is 42.6 Å². The molecule has 1 aliphatic rings. The second-order valence-electron chi connectivity index (χ2n) is 5.79. The fourth-order valence-electron chi connectivity index (χ4n) is 2.97. The maximum absolute atomic E-state index is 11.3. The molecule has 0 N–H and O–H groups in total. The highest BCUT2D eigenvalue weighted by molar-refractivity contribution is 5.66. The second kappa shape index (κ2) is 7.27. The predicted molar refractivity (Wildman–Crippen MR) is 87.1 cm³/mol.